The summed E-state index contributed by atoms with van der Waals surface area (Å²) in [4.78, 5) is 4.29. The number of rotatable bonds is 8. The number of hydrogen-bond donors (Lipinski definition) is 1. The third kappa shape index (κ3) is 5.06. The molecule has 0 aliphatic carbocycles. The van der Waals surface area contributed by atoms with Crippen LogP contribution in [0.1, 0.15) is 44.4 Å². The van der Waals surface area contributed by atoms with Gasteiger partial charge in [-0.15, -0.1) is 0 Å². The van der Waals surface area contributed by atoms with Crippen molar-refractivity contribution < 1.29 is 9.26 Å². The van der Waals surface area contributed by atoms with Gasteiger partial charge in [0, 0.05) is 19.0 Å². The summed E-state index contributed by atoms with van der Waals surface area (Å²) < 4.78 is 10.1. The van der Waals surface area contributed by atoms with Crippen LogP contribution in [0.15, 0.2) is 4.52 Å². The Kier molecular flexibility index (Phi) is 6.54. The third-order valence-corrected chi connectivity index (χ3v) is 3.83. The molecule has 2 N–H and O–H groups in total. The number of hydrogen-bond acceptors (Lipinski definition) is 6. The summed E-state index contributed by atoms with van der Waals surface area (Å²) in [5.74, 6) is 2.00. The third-order valence-electron chi connectivity index (χ3n) is 2.51. The van der Waals surface area contributed by atoms with E-state index in [0.29, 0.717) is 24.2 Å². The summed E-state index contributed by atoms with van der Waals surface area (Å²) in [6.07, 6.45) is 1.83. The second-order valence-electron chi connectivity index (χ2n) is 3.97. The Morgan fingerprint density at radius 2 is 2.29 bits per heavy atom. The molecule has 1 heterocycles. The lowest BCUT2D eigenvalue weighted by atomic mass is 10.2. The predicted molar refractivity (Wildman–Crippen MR) is 68.8 cm³/mol. The maximum atomic E-state index is 5.89. The summed E-state index contributed by atoms with van der Waals surface area (Å²) in [5.41, 5.74) is 5.89. The van der Waals surface area contributed by atoms with Gasteiger partial charge in [0.25, 0.3) is 0 Å². The van der Waals surface area contributed by atoms with E-state index in [9.17, 15) is 0 Å². The molecule has 0 radical (unpaired) electrons. The fraction of sp³-hybridized carbons (Fsp3) is 0.818. The average molecular weight is 259 g/mol. The Morgan fingerprint density at radius 3 is 2.94 bits per heavy atom. The lowest BCUT2D eigenvalue weighted by molar-refractivity contribution is 0.182. The Balaban J connectivity index is 2.41. The number of methoxy groups -OCH3 is 1. The second kappa shape index (κ2) is 7.68. The molecule has 6 heteroatoms. The van der Waals surface area contributed by atoms with Crippen LogP contribution in [0.4, 0.5) is 0 Å². The highest BCUT2D eigenvalue weighted by molar-refractivity contribution is 7.99. The maximum Gasteiger partial charge on any atom is 0.243 e. The van der Waals surface area contributed by atoms with Gasteiger partial charge in [-0.2, -0.15) is 16.7 Å². The highest BCUT2D eigenvalue weighted by Crippen LogP contribution is 2.19. The molecule has 5 nitrogen and oxygen atoms in total. The predicted octanol–water partition coefficient (Wildman–Crippen LogP) is 2.14. The summed E-state index contributed by atoms with van der Waals surface area (Å²) in [5, 5.41) is 4.53. The highest BCUT2D eigenvalue weighted by atomic mass is 32.2. The lowest BCUT2D eigenvalue weighted by Gasteiger charge is -2.05. The van der Waals surface area contributed by atoms with Gasteiger partial charge in [0.2, 0.25) is 5.89 Å². The summed E-state index contributed by atoms with van der Waals surface area (Å²) >= 11 is 1.82. The zero-order valence-electron chi connectivity index (χ0n) is 10.7. The normalized spacial score (nSPS) is 14.8. The van der Waals surface area contributed by atoms with Gasteiger partial charge >= 0.3 is 0 Å². The van der Waals surface area contributed by atoms with Crippen LogP contribution in [0.25, 0.3) is 0 Å². The van der Waals surface area contributed by atoms with E-state index < -0.39 is 0 Å². The molecule has 2 atom stereocenters. The van der Waals surface area contributed by atoms with E-state index in [2.05, 4.69) is 24.0 Å². The first kappa shape index (κ1) is 14.5. The molecule has 17 heavy (non-hydrogen) atoms. The van der Waals surface area contributed by atoms with E-state index >= 15 is 0 Å². The largest absolute Gasteiger partial charge is 0.385 e. The zero-order chi connectivity index (χ0) is 12.7. The van der Waals surface area contributed by atoms with Gasteiger partial charge < -0.3 is 15.0 Å². The minimum atomic E-state index is -0.232. The van der Waals surface area contributed by atoms with E-state index in [1.165, 1.54) is 0 Å². The van der Waals surface area contributed by atoms with Crippen LogP contribution >= 0.6 is 11.8 Å². The van der Waals surface area contributed by atoms with Crippen molar-refractivity contribution in [3.05, 3.63) is 11.7 Å². The molecule has 0 fully saturated rings. The topological polar surface area (TPSA) is 74.2 Å². The first-order valence-corrected chi connectivity index (χ1v) is 6.90. The molecule has 1 rings (SSSR count). The molecule has 0 saturated heterocycles. The number of nitrogens with zero attached hydrogens (tertiary/aromatic N) is 2. The van der Waals surface area contributed by atoms with E-state index in [1.54, 1.807) is 7.11 Å². The van der Waals surface area contributed by atoms with Gasteiger partial charge in [-0.3, -0.25) is 0 Å². The fourth-order valence-corrected chi connectivity index (χ4v) is 1.97. The molecule has 1 aromatic rings. The molecule has 0 aliphatic heterocycles. The Bertz CT molecular complexity index is 319. The Labute approximate surface area is 106 Å². The van der Waals surface area contributed by atoms with Gasteiger partial charge in [0.1, 0.15) is 0 Å². The smallest absolute Gasteiger partial charge is 0.243 e. The lowest BCUT2D eigenvalue weighted by Crippen LogP contribution is -2.13. The van der Waals surface area contributed by atoms with Crippen molar-refractivity contribution in [2.24, 2.45) is 5.73 Å². The van der Waals surface area contributed by atoms with Gasteiger partial charge in [0.05, 0.1) is 11.8 Å². The van der Waals surface area contributed by atoms with Gasteiger partial charge in [-0.25, -0.2) is 0 Å². The molecule has 2 unspecified atom stereocenters. The van der Waals surface area contributed by atoms with Crippen molar-refractivity contribution in [3.8, 4) is 0 Å². The minimum absolute atomic E-state index is 0.232. The number of thioether (sulfide) groups is 1. The molecule has 1 aromatic heterocycles. The van der Waals surface area contributed by atoms with Crippen LogP contribution in [0.5, 0.6) is 0 Å². The SMILES string of the molecule is CCC(C)SCc1noc(C(N)CCOC)n1. The van der Waals surface area contributed by atoms with Crippen molar-refractivity contribution in [2.45, 2.75) is 43.7 Å². The number of ether oxygens (including phenoxy) is 1. The van der Waals surface area contributed by atoms with Crippen molar-refractivity contribution in [3.63, 3.8) is 0 Å². The molecule has 0 aliphatic rings. The molecular weight excluding hydrogens is 238 g/mol. The molecule has 0 aromatic carbocycles. The number of aromatic nitrogens is 2. The van der Waals surface area contributed by atoms with E-state index in [0.717, 1.165) is 18.0 Å². The van der Waals surface area contributed by atoms with Crippen LogP contribution in [0.3, 0.4) is 0 Å². The summed E-state index contributed by atoms with van der Waals surface area (Å²) in [7, 11) is 1.65. The van der Waals surface area contributed by atoms with Crippen molar-refractivity contribution in [1.82, 2.24) is 10.1 Å². The molecule has 0 bridgehead atoms. The van der Waals surface area contributed by atoms with E-state index in [1.807, 2.05) is 11.8 Å². The van der Waals surface area contributed by atoms with Crippen LogP contribution < -0.4 is 5.73 Å². The Hall–Kier alpha value is -0.590. The summed E-state index contributed by atoms with van der Waals surface area (Å²) in [6.45, 7) is 4.95. The van der Waals surface area contributed by atoms with E-state index in [4.69, 9.17) is 15.0 Å². The minimum Gasteiger partial charge on any atom is -0.385 e. The van der Waals surface area contributed by atoms with Crippen molar-refractivity contribution >= 4 is 11.8 Å². The molecular formula is C11H21N3O2S. The standard InChI is InChI=1S/C11H21N3O2S/c1-4-8(2)17-7-10-13-11(16-14-10)9(12)5-6-15-3/h8-9H,4-7,12H2,1-3H3. The number of nitrogens with two attached hydrogens (primary N) is 1. The van der Waals surface area contributed by atoms with E-state index in [-0.39, 0.29) is 6.04 Å². The molecule has 0 spiro atoms. The van der Waals surface area contributed by atoms with Crippen LogP contribution in [0.2, 0.25) is 0 Å². The van der Waals surface area contributed by atoms with Crippen LogP contribution in [-0.2, 0) is 10.5 Å². The molecule has 98 valence electrons. The quantitative estimate of drug-likeness (QED) is 0.771. The van der Waals surface area contributed by atoms with Crippen molar-refractivity contribution in [2.75, 3.05) is 13.7 Å². The first-order valence-electron chi connectivity index (χ1n) is 5.86. The molecule has 0 amide bonds. The maximum absolute atomic E-state index is 5.89. The molecule has 0 saturated carbocycles. The zero-order valence-corrected chi connectivity index (χ0v) is 11.5. The van der Waals surface area contributed by atoms with Crippen molar-refractivity contribution in [1.29, 1.82) is 0 Å². The van der Waals surface area contributed by atoms with Gasteiger partial charge in [-0.1, -0.05) is 19.0 Å². The summed E-state index contributed by atoms with van der Waals surface area (Å²) in [6, 6.07) is -0.232. The van der Waals surface area contributed by atoms with Gasteiger partial charge in [-0.05, 0) is 12.8 Å². The second-order valence-corrected chi connectivity index (χ2v) is 5.39. The van der Waals surface area contributed by atoms with Crippen LogP contribution in [-0.4, -0.2) is 29.1 Å². The highest BCUT2D eigenvalue weighted by Gasteiger charge is 2.14. The van der Waals surface area contributed by atoms with Crippen LogP contribution in [0, 0.1) is 0 Å². The average Bonchev–Trinajstić information content (AvgIpc) is 2.81. The first-order chi connectivity index (χ1) is 8.17. The fourth-order valence-electron chi connectivity index (χ4n) is 1.18. The monoisotopic (exact) mass is 259 g/mol. The Morgan fingerprint density at radius 1 is 1.53 bits per heavy atom. The van der Waals surface area contributed by atoms with Gasteiger partial charge in [0.15, 0.2) is 5.82 Å².